The first-order valence-corrected chi connectivity index (χ1v) is 5.89. The normalized spacial score (nSPS) is 10.9. The molecule has 2 aromatic heterocycles. The quantitative estimate of drug-likeness (QED) is 0.746. The van der Waals surface area contributed by atoms with Crippen LogP contribution in [0.25, 0.3) is 22.4 Å². The molecule has 1 aromatic carbocycles. The van der Waals surface area contributed by atoms with Crippen LogP contribution < -0.4 is 5.73 Å². The number of fused-ring (bicyclic) bond motifs is 1. The van der Waals surface area contributed by atoms with E-state index in [0.29, 0.717) is 5.82 Å². The maximum Gasteiger partial charge on any atom is 0.158 e. The van der Waals surface area contributed by atoms with Gasteiger partial charge in [-0.2, -0.15) is 0 Å². The van der Waals surface area contributed by atoms with E-state index < -0.39 is 0 Å². The van der Waals surface area contributed by atoms with Gasteiger partial charge in [-0.1, -0.05) is 25.1 Å². The Bertz CT molecular complexity index is 686. The van der Waals surface area contributed by atoms with Gasteiger partial charge in [0.1, 0.15) is 17.1 Å². The van der Waals surface area contributed by atoms with Gasteiger partial charge in [-0.25, -0.2) is 0 Å². The summed E-state index contributed by atoms with van der Waals surface area (Å²) in [6.07, 6.45) is 0.887. The average molecular weight is 239 g/mol. The number of nitrogens with two attached hydrogens (primary N) is 1. The Morgan fingerprint density at radius 1 is 1.11 bits per heavy atom. The largest absolute Gasteiger partial charge is 0.454 e. The molecular weight excluding hydrogens is 226 g/mol. The number of rotatable bonds is 2. The van der Waals surface area contributed by atoms with Crippen LogP contribution in [-0.2, 0) is 6.42 Å². The lowest BCUT2D eigenvalue weighted by Crippen LogP contribution is -1.94. The Balaban J connectivity index is 2.25. The average Bonchev–Trinajstić information content (AvgIpc) is 2.78. The number of benzene rings is 1. The lowest BCUT2D eigenvalue weighted by Gasteiger charge is -1.99. The second-order valence-corrected chi connectivity index (χ2v) is 4.10. The molecule has 90 valence electrons. The summed E-state index contributed by atoms with van der Waals surface area (Å²) in [4.78, 5) is 0. The number of hydrogen-bond acceptors (Lipinski definition) is 4. The summed E-state index contributed by atoms with van der Waals surface area (Å²) < 4.78 is 5.87. The first-order valence-electron chi connectivity index (χ1n) is 5.89. The first kappa shape index (κ1) is 10.8. The number of hydrogen-bond donors (Lipinski definition) is 1. The fourth-order valence-electron chi connectivity index (χ4n) is 2.12. The number of aryl methyl sites for hydroxylation is 1. The summed E-state index contributed by atoms with van der Waals surface area (Å²) in [5, 5.41) is 9.09. The van der Waals surface area contributed by atoms with Gasteiger partial charge in [0.15, 0.2) is 5.76 Å². The highest BCUT2D eigenvalue weighted by molar-refractivity contribution is 5.87. The van der Waals surface area contributed by atoms with E-state index in [1.54, 1.807) is 6.07 Å². The Morgan fingerprint density at radius 2 is 1.94 bits per heavy atom. The minimum absolute atomic E-state index is 0.410. The molecule has 0 spiro atoms. The van der Waals surface area contributed by atoms with E-state index >= 15 is 0 Å². The number of furan rings is 1. The molecule has 0 amide bonds. The second-order valence-electron chi connectivity index (χ2n) is 4.10. The van der Waals surface area contributed by atoms with E-state index in [0.717, 1.165) is 34.4 Å². The third-order valence-electron chi connectivity index (χ3n) is 2.97. The van der Waals surface area contributed by atoms with Gasteiger partial charge in [-0.15, -0.1) is 10.2 Å². The maximum atomic E-state index is 5.87. The Hall–Kier alpha value is -2.36. The van der Waals surface area contributed by atoms with Gasteiger partial charge >= 0.3 is 0 Å². The van der Waals surface area contributed by atoms with Gasteiger partial charge < -0.3 is 10.2 Å². The van der Waals surface area contributed by atoms with Crippen LogP contribution in [0.15, 0.2) is 40.8 Å². The number of nitrogens with zero attached hydrogens (tertiary/aromatic N) is 2. The monoisotopic (exact) mass is 239 g/mol. The van der Waals surface area contributed by atoms with Crippen molar-refractivity contribution in [1.82, 2.24) is 10.2 Å². The zero-order valence-corrected chi connectivity index (χ0v) is 10.1. The molecule has 0 aliphatic rings. The van der Waals surface area contributed by atoms with Crippen molar-refractivity contribution < 1.29 is 4.42 Å². The van der Waals surface area contributed by atoms with Crippen molar-refractivity contribution in [2.45, 2.75) is 13.3 Å². The van der Waals surface area contributed by atoms with Crippen molar-refractivity contribution in [2.24, 2.45) is 0 Å². The minimum atomic E-state index is 0.410. The molecule has 4 heteroatoms. The van der Waals surface area contributed by atoms with Crippen LogP contribution in [0.1, 0.15) is 12.5 Å². The maximum absolute atomic E-state index is 5.87. The SMILES string of the molecule is CCc1c(-c2ccc(N)nn2)oc2ccccc12. The molecule has 0 fully saturated rings. The predicted molar refractivity (Wildman–Crippen MR) is 71.0 cm³/mol. The van der Waals surface area contributed by atoms with Gasteiger partial charge in [0, 0.05) is 10.9 Å². The molecule has 0 saturated heterocycles. The Kier molecular flexibility index (Phi) is 2.48. The molecule has 2 N–H and O–H groups in total. The van der Waals surface area contributed by atoms with E-state index in [-0.39, 0.29) is 0 Å². The van der Waals surface area contributed by atoms with E-state index in [2.05, 4.69) is 23.2 Å². The van der Waals surface area contributed by atoms with Crippen LogP contribution >= 0.6 is 0 Å². The Labute approximate surface area is 104 Å². The fraction of sp³-hybridized carbons (Fsp3) is 0.143. The number of aromatic nitrogens is 2. The van der Waals surface area contributed by atoms with Crippen molar-refractivity contribution in [3.63, 3.8) is 0 Å². The number of anilines is 1. The molecule has 0 unspecified atom stereocenters. The lowest BCUT2D eigenvalue weighted by molar-refractivity contribution is 0.623. The van der Waals surface area contributed by atoms with E-state index in [9.17, 15) is 0 Å². The molecule has 0 bridgehead atoms. The van der Waals surface area contributed by atoms with E-state index in [1.165, 1.54) is 0 Å². The van der Waals surface area contributed by atoms with Crippen LogP contribution in [0.2, 0.25) is 0 Å². The summed E-state index contributed by atoms with van der Waals surface area (Å²) in [7, 11) is 0. The van der Waals surface area contributed by atoms with Crippen LogP contribution in [0.4, 0.5) is 5.82 Å². The highest BCUT2D eigenvalue weighted by Crippen LogP contribution is 2.32. The van der Waals surface area contributed by atoms with Crippen LogP contribution in [0.5, 0.6) is 0 Å². The third kappa shape index (κ3) is 1.62. The summed E-state index contributed by atoms with van der Waals surface area (Å²) in [5.41, 5.74) is 8.30. The third-order valence-corrected chi connectivity index (χ3v) is 2.97. The fourth-order valence-corrected chi connectivity index (χ4v) is 2.12. The van der Waals surface area contributed by atoms with Gasteiger partial charge in [0.2, 0.25) is 0 Å². The van der Waals surface area contributed by atoms with Crippen LogP contribution in [0, 0.1) is 0 Å². The highest BCUT2D eigenvalue weighted by atomic mass is 16.3. The second kappa shape index (κ2) is 4.14. The van der Waals surface area contributed by atoms with E-state index in [4.69, 9.17) is 10.2 Å². The van der Waals surface area contributed by atoms with Crippen LogP contribution in [0.3, 0.4) is 0 Å². The molecule has 0 aliphatic heterocycles. The minimum Gasteiger partial charge on any atom is -0.454 e. The smallest absolute Gasteiger partial charge is 0.158 e. The predicted octanol–water partition coefficient (Wildman–Crippen LogP) is 3.03. The highest BCUT2D eigenvalue weighted by Gasteiger charge is 2.15. The standard InChI is InChI=1S/C14H13N3O/c1-2-9-10-5-3-4-6-12(10)18-14(9)11-7-8-13(15)17-16-11/h3-8H,2H2,1H3,(H2,15,17). The Morgan fingerprint density at radius 3 is 2.67 bits per heavy atom. The molecule has 2 heterocycles. The summed E-state index contributed by atoms with van der Waals surface area (Å²) in [6.45, 7) is 2.10. The molecule has 3 rings (SSSR count). The molecule has 0 aliphatic carbocycles. The molecular formula is C14H13N3O. The molecule has 4 nitrogen and oxygen atoms in total. The molecule has 3 aromatic rings. The van der Waals surface area contributed by atoms with Gasteiger partial charge in [0.25, 0.3) is 0 Å². The summed E-state index contributed by atoms with van der Waals surface area (Å²) in [6, 6.07) is 11.6. The van der Waals surface area contributed by atoms with Gasteiger partial charge in [0.05, 0.1) is 0 Å². The zero-order valence-electron chi connectivity index (χ0n) is 10.1. The lowest BCUT2D eigenvalue weighted by atomic mass is 10.1. The molecule has 0 atom stereocenters. The van der Waals surface area contributed by atoms with Gasteiger partial charge in [-0.3, -0.25) is 0 Å². The van der Waals surface area contributed by atoms with Crippen molar-refractivity contribution in [3.8, 4) is 11.5 Å². The van der Waals surface area contributed by atoms with Crippen LogP contribution in [-0.4, -0.2) is 10.2 Å². The zero-order chi connectivity index (χ0) is 12.5. The summed E-state index contributed by atoms with van der Waals surface area (Å²) in [5.74, 6) is 1.19. The number of para-hydroxylation sites is 1. The van der Waals surface area contributed by atoms with Crippen molar-refractivity contribution in [1.29, 1.82) is 0 Å². The molecule has 0 radical (unpaired) electrons. The van der Waals surface area contributed by atoms with E-state index in [1.807, 2.05) is 24.3 Å². The van der Waals surface area contributed by atoms with Crippen molar-refractivity contribution >= 4 is 16.8 Å². The van der Waals surface area contributed by atoms with Crippen molar-refractivity contribution in [3.05, 3.63) is 42.0 Å². The topological polar surface area (TPSA) is 64.9 Å². The molecule has 0 saturated carbocycles. The van der Waals surface area contributed by atoms with Crippen molar-refractivity contribution in [2.75, 3.05) is 5.73 Å². The summed E-state index contributed by atoms with van der Waals surface area (Å²) >= 11 is 0. The van der Waals surface area contributed by atoms with Gasteiger partial charge in [-0.05, 0) is 24.6 Å². The first-order chi connectivity index (χ1) is 8.79. The molecule has 18 heavy (non-hydrogen) atoms. The number of nitrogen functional groups attached to an aromatic ring is 1.